The first-order valence-corrected chi connectivity index (χ1v) is 7.48. The largest absolute Gasteiger partial charge is 0.353 e. The highest BCUT2D eigenvalue weighted by Gasteiger charge is 2.16. The number of carbonyl (C=O) groups is 1. The van der Waals surface area contributed by atoms with Crippen molar-refractivity contribution in [1.82, 2.24) is 20.0 Å². The van der Waals surface area contributed by atoms with E-state index in [2.05, 4.69) is 22.0 Å². The normalized spacial score (nSPS) is 10.7. The molecule has 24 heavy (non-hydrogen) atoms. The summed E-state index contributed by atoms with van der Waals surface area (Å²) in [7, 11) is 0. The van der Waals surface area contributed by atoms with Crippen LogP contribution >= 0.6 is 0 Å². The molecule has 0 aliphatic heterocycles. The predicted molar refractivity (Wildman–Crippen MR) is 89.3 cm³/mol. The van der Waals surface area contributed by atoms with Crippen LogP contribution in [-0.2, 0) is 11.3 Å². The van der Waals surface area contributed by atoms with Crippen molar-refractivity contribution >= 4 is 17.0 Å². The van der Waals surface area contributed by atoms with E-state index in [4.69, 9.17) is 4.52 Å². The van der Waals surface area contributed by atoms with Crippen LogP contribution in [0.25, 0.3) is 22.4 Å². The highest BCUT2D eigenvalue weighted by molar-refractivity contribution is 5.87. The van der Waals surface area contributed by atoms with E-state index in [0.717, 1.165) is 5.56 Å². The zero-order chi connectivity index (χ0) is 16.9. The van der Waals surface area contributed by atoms with Crippen molar-refractivity contribution in [2.75, 3.05) is 6.54 Å². The smallest absolute Gasteiger partial charge is 0.299 e. The Bertz CT molecular complexity index is 928. The topological polar surface area (TPSA) is 90.0 Å². The lowest BCUT2D eigenvalue weighted by Crippen LogP contribution is -2.27. The fourth-order valence-electron chi connectivity index (χ4n) is 2.30. The van der Waals surface area contributed by atoms with Crippen LogP contribution in [0.2, 0.25) is 0 Å². The Morgan fingerprint density at radius 3 is 2.88 bits per heavy atom. The summed E-state index contributed by atoms with van der Waals surface area (Å²) in [6.07, 6.45) is 3.17. The van der Waals surface area contributed by atoms with Crippen LogP contribution < -0.4 is 10.9 Å². The van der Waals surface area contributed by atoms with Gasteiger partial charge in [-0.15, -0.1) is 6.58 Å². The zero-order valence-corrected chi connectivity index (χ0v) is 12.9. The van der Waals surface area contributed by atoms with Gasteiger partial charge < -0.3 is 9.84 Å². The fraction of sp³-hybridized carbons (Fsp3) is 0.176. The van der Waals surface area contributed by atoms with E-state index in [0.29, 0.717) is 17.8 Å². The standard InChI is InChI=1S/C17H16N4O3/c1-2-9-18-13(22)8-10-21-11-19-15-14(12-6-4-3-5-7-12)20-24-16(15)17(21)23/h2-7,11H,1,8-10H2,(H,18,22). The molecule has 0 radical (unpaired) electrons. The van der Waals surface area contributed by atoms with Gasteiger partial charge in [0, 0.05) is 25.1 Å². The maximum absolute atomic E-state index is 12.4. The van der Waals surface area contributed by atoms with Crippen molar-refractivity contribution in [3.8, 4) is 11.3 Å². The number of aryl methyl sites for hydroxylation is 1. The molecule has 1 N–H and O–H groups in total. The van der Waals surface area contributed by atoms with Crippen molar-refractivity contribution in [3.05, 3.63) is 59.7 Å². The monoisotopic (exact) mass is 324 g/mol. The number of nitrogens with zero attached hydrogens (tertiary/aromatic N) is 3. The first-order valence-electron chi connectivity index (χ1n) is 7.48. The molecule has 2 aromatic heterocycles. The Balaban J connectivity index is 1.86. The molecule has 0 fully saturated rings. The molecule has 122 valence electrons. The Hall–Kier alpha value is -3.22. The van der Waals surface area contributed by atoms with Crippen LogP contribution in [-0.4, -0.2) is 27.2 Å². The van der Waals surface area contributed by atoms with E-state index in [-0.39, 0.29) is 30.0 Å². The minimum Gasteiger partial charge on any atom is -0.353 e. The number of rotatable bonds is 6. The molecule has 1 amide bonds. The molecule has 7 nitrogen and oxygen atoms in total. The first-order chi connectivity index (χ1) is 11.7. The molecule has 0 atom stereocenters. The maximum atomic E-state index is 12.4. The van der Waals surface area contributed by atoms with Gasteiger partial charge in [0.2, 0.25) is 5.91 Å². The summed E-state index contributed by atoms with van der Waals surface area (Å²) in [5, 5.41) is 6.62. The molecule has 2 heterocycles. The summed E-state index contributed by atoms with van der Waals surface area (Å²) in [5.41, 5.74) is 1.50. The highest BCUT2D eigenvalue weighted by Crippen LogP contribution is 2.23. The predicted octanol–water partition coefficient (Wildman–Crippen LogP) is 1.74. The first kappa shape index (κ1) is 15.7. The lowest BCUT2D eigenvalue weighted by atomic mass is 10.1. The molecular formula is C17H16N4O3. The van der Waals surface area contributed by atoms with Crippen molar-refractivity contribution < 1.29 is 9.32 Å². The van der Waals surface area contributed by atoms with Gasteiger partial charge in [0.05, 0.1) is 6.33 Å². The molecule has 3 aromatic rings. The van der Waals surface area contributed by atoms with E-state index in [1.54, 1.807) is 6.08 Å². The van der Waals surface area contributed by atoms with Gasteiger partial charge in [0.25, 0.3) is 11.1 Å². The third-order valence-corrected chi connectivity index (χ3v) is 3.52. The van der Waals surface area contributed by atoms with Crippen molar-refractivity contribution in [2.24, 2.45) is 0 Å². The van der Waals surface area contributed by atoms with Gasteiger partial charge in [-0.1, -0.05) is 41.6 Å². The molecule has 0 bridgehead atoms. The molecule has 0 aliphatic rings. The number of nitrogens with one attached hydrogen (secondary N) is 1. The molecule has 1 aromatic carbocycles. The number of benzene rings is 1. The summed E-state index contributed by atoms with van der Waals surface area (Å²) in [6.45, 7) is 4.14. The van der Waals surface area contributed by atoms with Crippen molar-refractivity contribution in [1.29, 1.82) is 0 Å². The molecule has 0 spiro atoms. The molecular weight excluding hydrogens is 308 g/mol. The molecule has 0 aliphatic carbocycles. The summed E-state index contributed by atoms with van der Waals surface area (Å²) < 4.78 is 6.53. The number of aromatic nitrogens is 3. The van der Waals surface area contributed by atoms with Gasteiger partial charge in [0.1, 0.15) is 11.2 Å². The van der Waals surface area contributed by atoms with E-state index in [1.165, 1.54) is 10.9 Å². The number of fused-ring (bicyclic) bond motifs is 1. The average Bonchev–Trinajstić information content (AvgIpc) is 3.05. The van der Waals surface area contributed by atoms with Crippen LogP contribution in [0.4, 0.5) is 0 Å². The SMILES string of the molecule is C=CCNC(=O)CCn1cnc2c(-c3ccccc3)noc2c1=O. The Kier molecular flexibility index (Phi) is 4.51. The van der Waals surface area contributed by atoms with E-state index in [1.807, 2.05) is 30.3 Å². The van der Waals surface area contributed by atoms with Crippen molar-refractivity contribution in [2.45, 2.75) is 13.0 Å². The van der Waals surface area contributed by atoms with Gasteiger partial charge in [-0.05, 0) is 0 Å². The van der Waals surface area contributed by atoms with Gasteiger partial charge >= 0.3 is 0 Å². The molecule has 0 unspecified atom stereocenters. The molecule has 0 saturated heterocycles. The number of carbonyl (C=O) groups excluding carboxylic acids is 1. The highest BCUT2D eigenvalue weighted by atomic mass is 16.5. The van der Waals surface area contributed by atoms with Crippen LogP contribution in [0.15, 0.2) is 58.6 Å². The van der Waals surface area contributed by atoms with E-state index < -0.39 is 0 Å². The second-order valence-corrected chi connectivity index (χ2v) is 5.16. The van der Waals surface area contributed by atoms with Crippen LogP contribution in [0, 0.1) is 0 Å². The minimum atomic E-state index is -0.355. The number of hydrogen-bond acceptors (Lipinski definition) is 5. The Labute approximate surface area is 137 Å². The molecule has 3 rings (SSSR count). The third kappa shape index (κ3) is 3.10. The minimum absolute atomic E-state index is 0.0860. The second-order valence-electron chi connectivity index (χ2n) is 5.16. The summed E-state index contributed by atoms with van der Waals surface area (Å²) in [6, 6.07) is 9.38. The second kappa shape index (κ2) is 6.91. The summed E-state index contributed by atoms with van der Waals surface area (Å²) >= 11 is 0. The summed E-state index contributed by atoms with van der Waals surface area (Å²) in [4.78, 5) is 28.3. The average molecular weight is 324 g/mol. The van der Waals surface area contributed by atoms with Gasteiger partial charge in [-0.3, -0.25) is 14.2 Å². The van der Waals surface area contributed by atoms with Crippen LogP contribution in [0.3, 0.4) is 0 Å². The van der Waals surface area contributed by atoms with E-state index >= 15 is 0 Å². The van der Waals surface area contributed by atoms with Gasteiger partial charge in [-0.25, -0.2) is 4.98 Å². The number of hydrogen-bond donors (Lipinski definition) is 1. The molecule has 0 saturated carbocycles. The summed E-state index contributed by atoms with van der Waals surface area (Å²) in [5.74, 6) is -0.163. The molecule has 7 heteroatoms. The lowest BCUT2D eigenvalue weighted by Gasteiger charge is -2.05. The quantitative estimate of drug-likeness (QED) is 0.698. The van der Waals surface area contributed by atoms with Crippen molar-refractivity contribution in [3.63, 3.8) is 0 Å². The lowest BCUT2D eigenvalue weighted by molar-refractivity contribution is -0.121. The fourth-order valence-corrected chi connectivity index (χ4v) is 2.30. The Morgan fingerprint density at radius 1 is 1.33 bits per heavy atom. The van der Waals surface area contributed by atoms with Crippen LogP contribution in [0.1, 0.15) is 6.42 Å². The zero-order valence-electron chi connectivity index (χ0n) is 12.9. The van der Waals surface area contributed by atoms with Crippen LogP contribution in [0.5, 0.6) is 0 Å². The number of amides is 1. The van der Waals surface area contributed by atoms with E-state index in [9.17, 15) is 9.59 Å². The maximum Gasteiger partial charge on any atom is 0.299 e. The van der Waals surface area contributed by atoms with Gasteiger partial charge in [-0.2, -0.15) is 0 Å². The van der Waals surface area contributed by atoms with Gasteiger partial charge in [0.15, 0.2) is 0 Å². The Morgan fingerprint density at radius 2 is 2.12 bits per heavy atom. The third-order valence-electron chi connectivity index (χ3n) is 3.52.